The van der Waals surface area contributed by atoms with Gasteiger partial charge in [-0.2, -0.15) is 0 Å². The van der Waals surface area contributed by atoms with Gasteiger partial charge in [-0.1, -0.05) is 12.2 Å². The number of nitrogens with zero attached hydrogens (tertiary/aromatic N) is 1. The molecule has 0 N–H and O–H groups in total. The molecule has 0 aromatic rings. The fourth-order valence-electron chi connectivity index (χ4n) is 1.05. The average Bonchev–Trinajstić information content (AvgIpc) is 2.27. The maximum atomic E-state index is 11.6. The molecule has 0 saturated carbocycles. The molecule has 0 saturated heterocycles. The summed E-state index contributed by atoms with van der Waals surface area (Å²) in [5.41, 5.74) is -0.439. The first kappa shape index (κ1) is 10.8. The van der Waals surface area contributed by atoms with Crippen molar-refractivity contribution in [2.24, 2.45) is 0 Å². The molecule has 0 radical (unpaired) electrons. The smallest absolute Gasteiger partial charge is 0.418 e. The minimum atomic E-state index is -0.439. The van der Waals surface area contributed by atoms with Gasteiger partial charge in [0.25, 0.3) is 0 Å². The monoisotopic (exact) mass is 195 g/mol. The van der Waals surface area contributed by atoms with Crippen molar-refractivity contribution in [1.82, 2.24) is 4.90 Å². The molecule has 0 aliphatic carbocycles. The predicted molar refractivity (Wildman–Crippen MR) is 55.6 cm³/mol. The molecule has 0 atom stereocenters. The van der Waals surface area contributed by atoms with Crippen molar-refractivity contribution < 1.29 is 9.53 Å². The molecule has 1 amide bonds. The Morgan fingerprint density at radius 3 is 2.14 bits per heavy atom. The minimum Gasteiger partial charge on any atom is -0.443 e. The molecule has 14 heavy (non-hydrogen) atoms. The topological polar surface area (TPSA) is 29.5 Å². The van der Waals surface area contributed by atoms with Gasteiger partial charge < -0.3 is 4.74 Å². The van der Waals surface area contributed by atoms with Gasteiger partial charge >= 0.3 is 6.09 Å². The van der Waals surface area contributed by atoms with Crippen LogP contribution in [0.2, 0.25) is 0 Å². The second-order valence-corrected chi connectivity index (χ2v) is 4.23. The molecule has 0 aromatic carbocycles. The van der Waals surface area contributed by atoms with Gasteiger partial charge in [-0.05, 0) is 33.6 Å². The van der Waals surface area contributed by atoms with Crippen molar-refractivity contribution in [2.45, 2.75) is 39.2 Å². The van der Waals surface area contributed by atoms with E-state index in [1.165, 1.54) is 4.90 Å². The van der Waals surface area contributed by atoms with Crippen LogP contribution >= 0.6 is 0 Å². The van der Waals surface area contributed by atoms with Crippen LogP contribution in [0.15, 0.2) is 24.6 Å². The van der Waals surface area contributed by atoms with Gasteiger partial charge in [0.1, 0.15) is 5.60 Å². The lowest BCUT2D eigenvalue weighted by Crippen LogP contribution is -2.30. The highest BCUT2D eigenvalue weighted by molar-refractivity contribution is 5.70. The van der Waals surface area contributed by atoms with Gasteiger partial charge in [0.2, 0.25) is 0 Å². The number of carbonyl (C=O) groups excluding carboxylic acids is 1. The number of hydrogen-bond acceptors (Lipinski definition) is 2. The summed E-state index contributed by atoms with van der Waals surface area (Å²) in [5, 5.41) is 0. The summed E-state index contributed by atoms with van der Waals surface area (Å²) in [6, 6.07) is 0. The van der Waals surface area contributed by atoms with Gasteiger partial charge in [0.05, 0.1) is 0 Å². The minimum absolute atomic E-state index is 0.327. The summed E-state index contributed by atoms with van der Waals surface area (Å²) in [6.07, 6.45) is 9.03. The Kier molecular flexibility index (Phi) is 3.33. The average molecular weight is 195 g/mol. The van der Waals surface area contributed by atoms with Crippen LogP contribution in [0.25, 0.3) is 0 Å². The zero-order valence-corrected chi connectivity index (χ0v) is 8.99. The Hall–Kier alpha value is -1.25. The van der Waals surface area contributed by atoms with Crippen LogP contribution in [-0.2, 0) is 4.74 Å². The SMILES string of the molecule is CC(C)(C)OC(=O)N1C=CCCC=C1. The van der Waals surface area contributed by atoms with E-state index in [9.17, 15) is 4.79 Å². The van der Waals surface area contributed by atoms with Crippen LogP contribution in [0, 0.1) is 0 Å². The van der Waals surface area contributed by atoms with Crippen molar-refractivity contribution >= 4 is 6.09 Å². The first-order valence-corrected chi connectivity index (χ1v) is 4.84. The highest BCUT2D eigenvalue weighted by Crippen LogP contribution is 2.12. The molecule has 78 valence electrons. The summed E-state index contributed by atoms with van der Waals surface area (Å²) in [7, 11) is 0. The van der Waals surface area contributed by atoms with E-state index in [0.29, 0.717) is 0 Å². The van der Waals surface area contributed by atoms with E-state index in [4.69, 9.17) is 4.74 Å². The van der Waals surface area contributed by atoms with E-state index in [1.807, 2.05) is 32.9 Å². The summed E-state index contributed by atoms with van der Waals surface area (Å²) in [6.45, 7) is 5.57. The maximum absolute atomic E-state index is 11.6. The molecular weight excluding hydrogens is 178 g/mol. The van der Waals surface area contributed by atoms with E-state index < -0.39 is 5.60 Å². The van der Waals surface area contributed by atoms with E-state index in [1.54, 1.807) is 12.4 Å². The molecule has 1 heterocycles. The van der Waals surface area contributed by atoms with Crippen LogP contribution in [0.4, 0.5) is 4.79 Å². The molecule has 1 rings (SSSR count). The van der Waals surface area contributed by atoms with Crippen molar-refractivity contribution in [3.05, 3.63) is 24.6 Å². The van der Waals surface area contributed by atoms with Crippen LogP contribution in [0.3, 0.4) is 0 Å². The molecule has 3 heteroatoms. The number of amides is 1. The van der Waals surface area contributed by atoms with Gasteiger partial charge in [-0.25, -0.2) is 4.79 Å². The normalized spacial score (nSPS) is 16.6. The molecule has 0 spiro atoms. The second-order valence-electron chi connectivity index (χ2n) is 4.23. The standard InChI is InChI=1S/C11H17NO2/c1-11(2,3)14-10(13)12-8-6-4-5-7-9-12/h6-9H,4-5H2,1-3H3. The van der Waals surface area contributed by atoms with Crippen LogP contribution in [0.1, 0.15) is 33.6 Å². The number of hydrogen-bond donors (Lipinski definition) is 0. The summed E-state index contributed by atoms with van der Waals surface area (Å²) >= 11 is 0. The third kappa shape index (κ3) is 3.64. The first-order valence-electron chi connectivity index (χ1n) is 4.84. The lowest BCUT2D eigenvalue weighted by molar-refractivity contribution is 0.0400. The third-order valence-corrected chi connectivity index (χ3v) is 1.64. The summed E-state index contributed by atoms with van der Waals surface area (Å²) in [4.78, 5) is 13.0. The molecule has 0 unspecified atom stereocenters. The molecule has 0 fully saturated rings. The summed E-state index contributed by atoms with van der Waals surface area (Å²) < 4.78 is 5.22. The molecule has 1 aliphatic heterocycles. The summed E-state index contributed by atoms with van der Waals surface area (Å²) in [5.74, 6) is 0. The first-order chi connectivity index (χ1) is 6.49. The zero-order valence-electron chi connectivity index (χ0n) is 8.99. The van der Waals surface area contributed by atoms with Crippen molar-refractivity contribution in [2.75, 3.05) is 0 Å². The van der Waals surface area contributed by atoms with Crippen LogP contribution in [0.5, 0.6) is 0 Å². The number of carbonyl (C=O) groups is 1. The number of rotatable bonds is 0. The quantitative estimate of drug-likeness (QED) is 0.594. The zero-order chi connectivity index (χ0) is 10.6. The predicted octanol–water partition coefficient (Wildman–Crippen LogP) is 3.04. The molecule has 1 aliphatic rings. The number of allylic oxidation sites excluding steroid dienone is 2. The van der Waals surface area contributed by atoms with Crippen molar-refractivity contribution in [3.8, 4) is 0 Å². The van der Waals surface area contributed by atoms with E-state index in [2.05, 4.69) is 0 Å². The molecule has 3 nitrogen and oxygen atoms in total. The lowest BCUT2D eigenvalue weighted by Gasteiger charge is -2.22. The van der Waals surface area contributed by atoms with Gasteiger partial charge in [0.15, 0.2) is 0 Å². The Morgan fingerprint density at radius 2 is 1.71 bits per heavy atom. The lowest BCUT2D eigenvalue weighted by atomic mass is 10.2. The fourth-order valence-corrected chi connectivity index (χ4v) is 1.05. The molecular formula is C11H17NO2. The van der Waals surface area contributed by atoms with Gasteiger partial charge in [-0.3, -0.25) is 4.90 Å². The highest BCUT2D eigenvalue weighted by atomic mass is 16.6. The maximum Gasteiger partial charge on any atom is 0.418 e. The van der Waals surface area contributed by atoms with E-state index >= 15 is 0 Å². The number of ether oxygens (including phenoxy) is 1. The van der Waals surface area contributed by atoms with E-state index in [-0.39, 0.29) is 6.09 Å². The van der Waals surface area contributed by atoms with Crippen LogP contribution in [-0.4, -0.2) is 16.6 Å². The Balaban J connectivity index is 2.59. The third-order valence-electron chi connectivity index (χ3n) is 1.64. The molecule has 0 aromatic heterocycles. The highest BCUT2D eigenvalue weighted by Gasteiger charge is 2.19. The molecule has 0 bridgehead atoms. The van der Waals surface area contributed by atoms with E-state index in [0.717, 1.165) is 12.8 Å². The van der Waals surface area contributed by atoms with Gasteiger partial charge in [0, 0.05) is 12.4 Å². The Bertz CT molecular complexity index is 247. The Labute approximate surface area is 85.0 Å². The Morgan fingerprint density at radius 1 is 1.21 bits per heavy atom. The largest absolute Gasteiger partial charge is 0.443 e. The van der Waals surface area contributed by atoms with Crippen molar-refractivity contribution in [3.63, 3.8) is 0 Å². The van der Waals surface area contributed by atoms with Crippen LogP contribution < -0.4 is 0 Å². The van der Waals surface area contributed by atoms with Crippen molar-refractivity contribution in [1.29, 1.82) is 0 Å². The second kappa shape index (κ2) is 4.31. The fraction of sp³-hybridized carbons (Fsp3) is 0.545. The van der Waals surface area contributed by atoms with Gasteiger partial charge in [-0.15, -0.1) is 0 Å².